The Balaban J connectivity index is 2.83. The number of aliphatic hydroxyl groups is 1. The van der Waals surface area contributed by atoms with Gasteiger partial charge in [0.2, 0.25) is 0 Å². The van der Waals surface area contributed by atoms with Crippen LogP contribution in [0, 0.1) is 23.1 Å². The molecule has 80 valence electrons. The SMILES string of the molecule is CCCC(C#N)C(O)c1cccc(F)c1. The van der Waals surface area contributed by atoms with Crippen LogP contribution < -0.4 is 0 Å². The zero-order valence-electron chi connectivity index (χ0n) is 8.65. The van der Waals surface area contributed by atoms with Crippen LogP contribution in [-0.4, -0.2) is 5.11 Å². The predicted molar refractivity (Wildman–Crippen MR) is 55.4 cm³/mol. The lowest BCUT2D eigenvalue weighted by Crippen LogP contribution is -2.10. The Morgan fingerprint density at radius 2 is 2.27 bits per heavy atom. The van der Waals surface area contributed by atoms with Crippen LogP contribution in [0.4, 0.5) is 4.39 Å². The predicted octanol–water partition coefficient (Wildman–Crippen LogP) is 2.80. The van der Waals surface area contributed by atoms with E-state index in [1.54, 1.807) is 6.07 Å². The standard InChI is InChI=1S/C12H14FNO/c1-2-4-10(8-14)12(15)9-5-3-6-11(13)7-9/h3,5-7,10,12,15H,2,4H2,1H3. The monoisotopic (exact) mass is 207 g/mol. The highest BCUT2D eigenvalue weighted by molar-refractivity contribution is 5.20. The highest BCUT2D eigenvalue weighted by Crippen LogP contribution is 2.25. The number of halogens is 1. The molecule has 0 aliphatic rings. The van der Waals surface area contributed by atoms with Gasteiger partial charge in [-0.3, -0.25) is 0 Å². The van der Waals surface area contributed by atoms with Crippen molar-refractivity contribution in [3.8, 4) is 6.07 Å². The fourth-order valence-electron chi connectivity index (χ4n) is 1.53. The Morgan fingerprint density at radius 3 is 2.80 bits per heavy atom. The van der Waals surface area contributed by atoms with Crippen molar-refractivity contribution in [1.82, 2.24) is 0 Å². The van der Waals surface area contributed by atoms with Crippen molar-refractivity contribution in [3.05, 3.63) is 35.6 Å². The van der Waals surface area contributed by atoms with Crippen LogP contribution in [0.5, 0.6) is 0 Å². The van der Waals surface area contributed by atoms with Crippen LogP contribution in [0.25, 0.3) is 0 Å². The van der Waals surface area contributed by atoms with Gasteiger partial charge in [-0.05, 0) is 24.1 Å². The van der Waals surface area contributed by atoms with Gasteiger partial charge < -0.3 is 5.11 Å². The van der Waals surface area contributed by atoms with Crippen molar-refractivity contribution < 1.29 is 9.50 Å². The highest BCUT2D eigenvalue weighted by atomic mass is 19.1. The largest absolute Gasteiger partial charge is 0.387 e. The van der Waals surface area contributed by atoms with E-state index in [9.17, 15) is 9.50 Å². The smallest absolute Gasteiger partial charge is 0.123 e. The van der Waals surface area contributed by atoms with Crippen LogP contribution in [-0.2, 0) is 0 Å². The molecule has 0 amide bonds. The van der Waals surface area contributed by atoms with E-state index in [1.807, 2.05) is 13.0 Å². The molecule has 1 aromatic carbocycles. The summed E-state index contributed by atoms with van der Waals surface area (Å²) in [4.78, 5) is 0. The van der Waals surface area contributed by atoms with E-state index in [-0.39, 0.29) is 5.82 Å². The molecule has 2 nitrogen and oxygen atoms in total. The lowest BCUT2D eigenvalue weighted by molar-refractivity contribution is 0.129. The normalized spacial score (nSPS) is 14.3. The second-order valence-corrected chi connectivity index (χ2v) is 3.52. The molecule has 2 atom stereocenters. The first-order valence-electron chi connectivity index (χ1n) is 5.02. The van der Waals surface area contributed by atoms with E-state index in [2.05, 4.69) is 0 Å². The second kappa shape index (κ2) is 5.47. The van der Waals surface area contributed by atoms with Crippen LogP contribution in [0.15, 0.2) is 24.3 Å². The van der Waals surface area contributed by atoms with E-state index in [0.717, 1.165) is 6.42 Å². The van der Waals surface area contributed by atoms with E-state index < -0.39 is 12.0 Å². The van der Waals surface area contributed by atoms with Crippen molar-refractivity contribution in [2.45, 2.75) is 25.9 Å². The topological polar surface area (TPSA) is 44.0 Å². The molecular formula is C12H14FNO. The molecule has 1 rings (SSSR count). The van der Waals surface area contributed by atoms with Gasteiger partial charge in [0.15, 0.2) is 0 Å². The second-order valence-electron chi connectivity index (χ2n) is 3.52. The van der Waals surface area contributed by atoms with Gasteiger partial charge in [0.25, 0.3) is 0 Å². The molecule has 0 saturated heterocycles. The lowest BCUT2D eigenvalue weighted by Gasteiger charge is -2.16. The number of rotatable bonds is 4. The summed E-state index contributed by atoms with van der Waals surface area (Å²) >= 11 is 0. The Kier molecular flexibility index (Phi) is 4.26. The summed E-state index contributed by atoms with van der Waals surface area (Å²) in [5, 5.41) is 18.7. The van der Waals surface area contributed by atoms with Crippen LogP contribution in [0.2, 0.25) is 0 Å². The lowest BCUT2D eigenvalue weighted by atomic mass is 9.93. The van der Waals surface area contributed by atoms with Crippen LogP contribution in [0.1, 0.15) is 31.4 Å². The third-order valence-electron chi connectivity index (χ3n) is 2.34. The molecule has 0 aromatic heterocycles. The molecular weight excluding hydrogens is 193 g/mol. The van der Waals surface area contributed by atoms with E-state index in [4.69, 9.17) is 5.26 Å². The van der Waals surface area contributed by atoms with Crippen molar-refractivity contribution in [1.29, 1.82) is 5.26 Å². The van der Waals surface area contributed by atoms with Crippen molar-refractivity contribution in [2.75, 3.05) is 0 Å². The minimum Gasteiger partial charge on any atom is -0.387 e. The Morgan fingerprint density at radius 1 is 1.53 bits per heavy atom. The molecule has 3 heteroatoms. The fourth-order valence-corrected chi connectivity index (χ4v) is 1.53. The van der Waals surface area contributed by atoms with Crippen molar-refractivity contribution in [3.63, 3.8) is 0 Å². The molecule has 0 aliphatic heterocycles. The molecule has 0 bridgehead atoms. The van der Waals surface area contributed by atoms with Gasteiger partial charge in [0.05, 0.1) is 18.1 Å². The van der Waals surface area contributed by atoms with Crippen molar-refractivity contribution >= 4 is 0 Å². The molecule has 2 unspecified atom stereocenters. The summed E-state index contributed by atoms with van der Waals surface area (Å²) in [5.41, 5.74) is 0.468. The summed E-state index contributed by atoms with van der Waals surface area (Å²) < 4.78 is 12.9. The first kappa shape index (κ1) is 11.7. The summed E-state index contributed by atoms with van der Waals surface area (Å²) in [6.07, 6.45) is 0.546. The van der Waals surface area contributed by atoms with Crippen LogP contribution in [0.3, 0.4) is 0 Å². The number of hydrogen-bond acceptors (Lipinski definition) is 2. The van der Waals surface area contributed by atoms with Gasteiger partial charge in [-0.15, -0.1) is 0 Å². The van der Waals surface area contributed by atoms with Crippen LogP contribution >= 0.6 is 0 Å². The average Bonchev–Trinajstić information content (AvgIpc) is 2.25. The number of nitrogens with zero attached hydrogens (tertiary/aromatic N) is 1. The van der Waals surface area contributed by atoms with Gasteiger partial charge in [-0.25, -0.2) is 4.39 Å². The summed E-state index contributed by atoms with van der Waals surface area (Å²) in [6, 6.07) is 7.80. The van der Waals surface area contributed by atoms with Gasteiger partial charge in [0.1, 0.15) is 5.82 Å². The molecule has 0 saturated carbocycles. The number of aliphatic hydroxyl groups excluding tert-OH is 1. The zero-order valence-corrected chi connectivity index (χ0v) is 8.65. The maximum atomic E-state index is 12.9. The molecule has 0 radical (unpaired) electrons. The maximum absolute atomic E-state index is 12.9. The molecule has 1 N–H and O–H groups in total. The quantitative estimate of drug-likeness (QED) is 0.825. The Hall–Kier alpha value is -1.40. The minimum atomic E-state index is -0.898. The molecule has 0 aliphatic carbocycles. The number of benzene rings is 1. The molecule has 0 spiro atoms. The first-order valence-corrected chi connectivity index (χ1v) is 5.02. The molecule has 1 aromatic rings. The third-order valence-corrected chi connectivity index (χ3v) is 2.34. The van der Waals surface area contributed by atoms with Gasteiger partial charge in [0, 0.05) is 0 Å². The Bertz CT molecular complexity index is 359. The van der Waals surface area contributed by atoms with Gasteiger partial charge >= 0.3 is 0 Å². The first-order chi connectivity index (χ1) is 7.19. The maximum Gasteiger partial charge on any atom is 0.123 e. The zero-order chi connectivity index (χ0) is 11.3. The van der Waals surface area contributed by atoms with Gasteiger partial charge in [-0.2, -0.15) is 5.26 Å². The van der Waals surface area contributed by atoms with E-state index in [0.29, 0.717) is 12.0 Å². The van der Waals surface area contributed by atoms with E-state index in [1.165, 1.54) is 18.2 Å². The molecule has 0 heterocycles. The van der Waals surface area contributed by atoms with Gasteiger partial charge in [-0.1, -0.05) is 25.5 Å². The number of hydrogen-bond donors (Lipinski definition) is 1. The van der Waals surface area contributed by atoms with E-state index >= 15 is 0 Å². The minimum absolute atomic E-state index is 0.389. The fraction of sp³-hybridized carbons (Fsp3) is 0.417. The highest BCUT2D eigenvalue weighted by Gasteiger charge is 2.19. The molecule has 15 heavy (non-hydrogen) atoms. The number of nitriles is 1. The Labute approximate surface area is 89.0 Å². The summed E-state index contributed by atoms with van der Waals surface area (Å²) in [7, 11) is 0. The average molecular weight is 207 g/mol. The summed E-state index contributed by atoms with van der Waals surface area (Å²) in [5.74, 6) is -0.850. The summed E-state index contributed by atoms with van der Waals surface area (Å²) in [6.45, 7) is 1.95. The molecule has 0 fully saturated rings. The van der Waals surface area contributed by atoms with Crippen molar-refractivity contribution in [2.24, 2.45) is 5.92 Å². The third kappa shape index (κ3) is 3.03.